The van der Waals surface area contributed by atoms with E-state index in [0.717, 1.165) is 11.1 Å². The molecule has 0 spiro atoms. The molecular weight excluding hydrogens is 711 g/mol. The second-order valence-electron chi connectivity index (χ2n) is 15.3. The molecule has 4 N–H and O–H groups in total. The van der Waals surface area contributed by atoms with Gasteiger partial charge >= 0.3 is 5.97 Å². The quantitative estimate of drug-likeness (QED) is 0.0647. The Morgan fingerprint density at radius 1 is 1.04 bits per heavy atom. The average molecular weight is 780 g/mol. The van der Waals surface area contributed by atoms with Gasteiger partial charge in [-0.15, -0.1) is 0 Å². The Morgan fingerprint density at radius 3 is 2.32 bits per heavy atom. The SMILES string of the molecule is C/C=C/C(O)C(C)/C=C/C(=N/OCc1ccccc1)C(C)C(O)C(C)C1OC(=O)/C(OC)=C/C(C)=C/C(C)C(O)C(CC)C(O)C(C)C/C(C)=C/C=C/C1OC. The lowest BCUT2D eigenvalue weighted by Gasteiger charge is -2.34. The summed E-state index contributed by atoms with van der Waals surface area (Å²) in [6.07, 6.45) is 12.1. The largest absolute Gasteiger partial charge is 0.490 e. The first kappa shape index (κ1) is 48.3. The third kappa shape index (κ3) is 14.9. The number of aliphatic hydroxyl groups excluding tert-OH is 4. The molecule has 1 aromatic rings. The molecule has 56 heavy (non-hydrogen) atoms. The van der Waals surface area contributed by atoms with Crippen molar-refractivity contribution >= 4 is 11.7 Å². The summed E-state index contributed by atoms with van der Waals surface area (Å²) < 4.78 is 17.6. The number of ether oxygens (including phenoxy) is 3. The predicted molar refractivity (Wildman–Crippen MR) is 223 cm³/mol. The fourth-order valence-corrected chi connectivity index (χ4v) is 7.05. The van der Waals surface area contributed by atoms with E-state index < -0.39 is 54.4 Å². The van der Waals surface area contributed by atoms with Gasteiger partial charge in [0, 0.05) is 36.7 Å². The molecule has 0 saturated carbocycles. The molecule has 12 atom stereocenters. The number of nitrogens with zero attached hydrogens (tertiary/aromatic N) is 1. The van der Waals surface area contributed by atoms with Crippen molar-refractivity contribution in [2.24, 2.45) is 40.7 Å². The first-order chi connectivity index (χ1) is 26.6. The molecule has 1 heterocycles. The van der Waals surface area contributed by atoms with Gasteiger partial charge in [-0.2, -0.15) is 0 Å². The Bertz CT molecular complexity index is 1540. The Labute approximate surface area is 336 Å². The zero-order valence-electron chi connectivity index (χ0n) is 35.4. The van der Waals surface area contributed by atoms with Crippen LogP contribution in [0.25, 0.3) is 0 Å². The minimum Gasteiger partial charge on any atom is -0.490 e. The molecule has 1 aromatic carbocycles. The molecule has 1 aliphatic heterocycles. The van der Waals surface area contributed by atoms with E-state index in [1.165, 1.54) is 14.2 Å². The van der Waals surface area contributed by atoms with E-state index in [1.54, 1.807) is 44.2 Å². The second-order valence-corrected chi connectivity index (χ2v) is 15.3. The van der Waals surface area contributed by atoms with Crippen molar-refractivity contribution in [1.29, 1.82) is 0 Å². The van der Waals surface area contributed by atoms with Crippen LogP contribution in [0.2, 0.25) is 0 Å². The highest BCUT2D eigenvalue weighted by molar-refractivity contribution is 5.96. The molecule has 0 radical (unpaired) electrons. The van der Waals surface area contributed by atoms with Crippen LogP contribution in [0.1, 0.15) is 80.7 Å². The van der Waals surface area contributed by atoms with E-state index in [9.17, 15) is 25.2 Å². The maximum Gasteiger partial charge on any atom is 0.373 e. The molecule has 0 bridgehead atoms. The lowest BCUT2D eigenvalue weighted by atomic mass is 9.79. The van der Waals surface area contributed by atoms with Gasteiger partial charge < -0.3 is 39.5 Å². The normalized spacial score (nSPS) is 31.3. The molecule has 1 aliphatic rings. The van der Waals surface area contributed by atoms with Gasteiger partial charge in [-0.05, 0) is 57.2 Å². The molecule has 10 nitrogen and oxygen atoms in total. The number of hydrogen-bond donors (Lipinski definition) is 4. The number of carbonyl (C=O) groups is 1. The Balaban J connectivity index is 2.61. The summed E-state index contributed by atoms with van der Waals surface area (Å²) in [5, 5.41) is 49.7. The predicted octanol–water partition coefficient (Wildman–Crippen LogP) is 7.65. The fraction of sp³-hybridized carbons (Fsp3) is 0.565. The third-order valence-electron chi connectivity index (χ3n) is 10.7. The number of oxime groups is 1. The lowest BCUT2D eigenvalue weighted by molar-refractivity contribution is -0.161. The Kier molecular flexibility index (Phi) is 21.4. The molecule has 0 fully saturated rings. The smallest absolute Gasteiger partial charge is 0.373 e. The van der Waals surface area contributed by atoms with Gasteiger partial charge in [-0.3, -0.25) is 0 Å². The zero-order valence-corrected chi connectivity index (χ0v) is 35.4. The molecule has 312 valence electrons. The number of cyclic esters (lactones) is 1. The Morgan fingerprint density at radius 2 is 1.71 bits per heavy atom. The summed E-state index contributed by atoms with van der Waals surface area (Å²) in [4.78, 5) is 19.6. The minimum atomic E-state index is -1.11. The van der Waals surface area contributed by atoms with E-state index in [-0.39, 0.29) is 36.0 Å². The van der Waals surface area contributed by atoms with Crippen LogP contribution in [0, 0.1) is 35.5 Å². The summed E-state index contributed by atoms with van der Waals surface area (Å²) in [5.74, 6) is -3.19. The van der Waals surface area contributed by atoms with Crippen molar-refractivity contribution in [3.05, 3.63) is 107 Å². The first-order valence-electron chi connectivity index (χ1n) is 19.9. The van der Waals surface area contributed by atoms with Gasteiger partial charge in [0.15, 0.2) is 0 Å². The highest BCUT2D eigenvalue weighted by Crippen LogP contribution is 2.30. The van der Waals surface area contributed by atoms with Crippen LogP contribution in [0.3, 0.4) is 0 Å². The number of hydrogen-bond acceptors (Lipinski definition) is 10. The number of benzene rings is 1. The van der Waals surface area contributed by atoms with Gasteiger partial charge in [0.25, 0.3) is 0 Å². The number of allylic oxidation sites excluding steroid dienone is 7. The van der Waals surface area contributed by atoms with E-state index >= 15 is 0 Å². The van der Waals surface area contributed by atoms with Gasteiger partial charge in [0.2, 0.25) is 5.76 Å². The first-order valence-corrected chi connectivity index (χ1v) is 19.9. The number of esters is 1. The van der Waals surface area contributed by atoms with Crippen LogP contribution in [0.5, 0.6) is 0 Å². The summed E-state index contributed by atoms with van der Waals surface area (Å²) in [6, 6.07) is 9.61. The molecule has 0 aliphatic carbocycles. The van der Waals surface area contributed by atoms with Crippen molar-refractivity contribution in [1.82, 2.24) is 0 Å². The van der Waals surface area contributed by atoms with Crippen LogP contribution >= 0.6 is 0 Å². The van der Waals surface area contributed by atoms with Gasteiger partial charge in [-0.25, -0.2) is 4.79 Å². The minimum absolute atomic E-state index is 0.0651. The van der Waals surface area contributed by atoms with Gasteiger partial charge in [0.05, 0.1) is 37.2 Å². The number of aliphatic hydroxyl groups is 4. The van der Waals surface area contributed by atoms with Crippen molar-refractivity contribution in [3.63, 3.8) is 0 Å². The van der Waals surface area contributed by atoms with Crippen molar-refractivity contribution in [2.45, 2.75) is 118 Å². The van der Waals surface area contributed by atoms with Crippen LogP contribution in [-0.4, -0.2) is 83.0 Å². The topological polar surface area (TPSA) is 147 Å². The third-order valence-corrected chi connectivity index (χ3v) is 10.7. The van der Waals surface area contributed by atoms with Crippen molar-refractivity contribution in [3.8, 4) is 0 Å². The van der Waals surface area contributed by atoms with Crippen LogP contribution in [0.15, 0.2) is 107 Å². The molecule has 10 heteroatoms. The lowest BCUT2D eigenvalue weighted by Crippen LogP contribution is -2.45. The van der Waals surface area contributed by atoms with E-state index in [0.29, 0.717) is 24.1 Å². The van der Waals surface area contributed by atoms with Gasteiger partial charge in [-0.1, -0.05) is 131 Å². The highest BCUT2D eigenvalue weighted by Gasteiger charge is 2.38. The summed E-state index contributed by atoms with van der Waals surface area (Å²) >= 11 is 0. The average Bonchev–Trinajstić information content (AvgIpc) is 3.18. The molecule has 0 amide bonds. The molecule has 12 unspecified atom stereocenters. The molecule has 0 aromatic heterocycles. The van der Waals surface area contributed by atoms with Crippen LogP contribution in [-0.2, 0) is 30.4 Å². The number of rotatable bonds is 14. The molecular formula is C46H69NO9. The second kappa shape index (κ2) is 24.8. The summed E-state index contributed by atoms with van der Waals surface area (Å²) in [5.41, 5.74) is 3.04. The summed E-state index contributed by atoms with van der Waals surface area (Å²) in [7, 11) is 2.90. The van der Waals surface area contributed by atoms with Crippen molar-refractivity contribution < 1.29 is 44.3 Å². The van der Waals surface area contributed by atoms with E-state index in [1.807, 2.05) is 103 Å². The van der Waals surface area contributed by atoms with Gasteiger partial charge in [0.1, 0.15) is 18.8 Å². The number of methoxy groups -OCH3 is 2. The summed E-state index contributed by atoms with van der Waals surface area (Å²) in [6.45, 7) is 17.2. The zero-order chi connectivity index (χ0) is 41.9. The number of carbonyl (C=O) groups excluding carboxylic acids is 1. The molecule has 2 rings (SSSR count). The van der Waals surface area contributed by atoms with Crippen molar-refractivity contribution in [2.75, 3.05) is 14.2 Å². The van der Waals surface area contributed by atoms with E-state index in [4.69, 9.17) is 19.0 Å². The molecule has 0 saturated heterocycles. The maximum atomic E-state index is 13.9. The Hall–Kier alpha value is -3.80. The monoisotopic (exact) mass is 779 g/mol. The van der Waals surface area contributed by atoms with Crippen LogP contribution in [0.4, 0.5) is 0 Å². The maximum absolute atomic E-state index is 13.9. The fourth-order valence-electron chi connectivity index (χ4n) is 7.05. The van der Waals surface area contributed by atoms with Crippen LogP contribution < -0.4 is 0 Å². The standard InChI is InChI=1S/C46H69NO9/c1-12-18-39(48)31(5)23-24-38(47-55-28-36-20-15-14-16-21-36)34(8)44(51)35(9)45-40(53-10)22-17-19-29(3)25-32(6)42(49)37(13-2)43(50)33(7)26-30(4)27-41(54-11)46(52)56-45/h12,14-24,26-27,31-35,37,39-40,42-45,48-51H,13,25,28H2,1-11H3/b18-12+,22-17+,24-23+,29-19+,30-26+,41-27-,47-38-. The highest BCUT2D eigenvalue weighted by atomic mass is 16.6. The van der Waals surface area contributed by atoms with E-state index in [2.05, 4.69) is 5.16 Å².